The molecule has 0 bridgehead atoms. The molecule has 0 atom stereocenters. The number of carbonyl (C=O) groups excluding carboxylic acids is 1. The monoisotopic (exact) mass is 209 g/mol. The molecule has 1 heteroatoms. The van der Waals surface area contributed by atoms with E-state index in [1.165, 1.54) is 57.3 Å². The molecule has 0 aromatic rings. The molecule has 1 aliphatic carbocycles. The zero-order valence-electron chi connectivity index (χ0n) is 10.2. The van der Waals surface area contributed by atoms with Gasteiger partial charge in [-0.25, -0.2) is 0 Å². The zero-order valence-corrected chi connectivity index (χ0v) is 10.2. The molecule has 1 saturated carbocycles. The highest BCUT2D eigenvalue weighted by molar-refractivity contribution is 5.80. The van der Waals surface area contributed by atoms with Crippen molar-refractivity contribution in [3.8, 4) is 0 Å². The van der Waals surface area contributed by atoms with Crippen molar-refractivity contribution < 1.29 is 4.79 Å². The highest BCUT2D eigenvalue weighted by Gasteiger charge is 2.15. The van der Waals surface area contributed by atoms with Crippen molar-refractivity contribution in [2.24, 2.45) is 0 Å². The molecule has 0 heterocycles. The Morgan fingerprint density at radius 2 is 1.73 bits per heavy atom. The third-order valence-corrected chi connectivity index (χ3v) is 3.32. The minimum Gasteiger partial charge on any atom is -0.300 e. The van der Waals surface area contributed by atoms with E-state index in [0.717, 1.165) is 19.3 Å². The normalized spacial score (nSPS) is 20.7. The summed E-state index contributed by atoms with van der Waals surface area (Å²) >= 11 is 0. The summed E-state index contributed by atoms with van der Waals surface area (Å²) in [5, 5.41) is 0. The van der Waals surface area contributed by atoms with E-state index in [2.05, 4.69) is 6.92 Å². The highest BCUT2D eigenvalue weighted by atomic mass is 16.1. The topological polar surface area (TPSA) is 17.1 Å². The van der Waals surface area contributed by atoms with Crippen molar-refractivity contribution >= 4 is 5.78 Å². The summed E-state index contributed by atoms with van der Waals surface area (Å²) in [5.74, 6) is 2.03. The van der Waals surface area contributed by atoms with Gasteiger partial charge < -0.3 is 0 Å². The fraction of sp³-hybridized carbons (Fsp3) is 0.857. The molecule has 1 nitrogen and oxygen atoms in total. The Bertz CT molecular complexity index is 174. The highest BCUT2D eigenvalue weighted by Crippen LogP contribution is 2.26. The lowest BCUT2D eigenvalue weighted by atomic mass is 9.91. The van der Waals surface area contributed by atoms with Crippen LogP contribution < -0.4 is 0 Å². The molecule has 1 rings (SSSR count). The molecular weight excluding hydrogens is 184 g/mol. The van der Waals surface area contributed by atoms with Crippen LogP contribution in [-0.4, -0.2) is 5.78 Å². The van der Waals surface area contributed by atoms with E-state index in [0.29, 0.717) is 5.78 Å². The first-order valence-electron chi connectivity index (χ1n) is 6.68. The predicted molar refractivity (Wildman–Crippen MR) is 64.7 cm³/mol. The Labute approximate surface area is 94.6 Å². The lowest BCUT2D eigenvalue weighted by Gasteiger charge is -2.13. The smallest absolute Gasteiger partial charge is 0.133 e. The van der Waals surface area contributed by atoms with Crippen molar-refractivity contribution in [1.82, 2.24) is 0 Å². The number of carbonyl (C=O) groups is 1. The number of ketones is 1. The van der Waals surface area contributed by atoms with Gasteiger partial charge in [-0.05, 0) is 25.2 Å². The number of rotatable bonds is 4. The predicted octanol–water partition coefficient (Wildman–Crippen LogP) is 4.45. The molecule has 0 aliphatic heterocycles. The van der Waals surface area contributed by atoms with Gasteiger partial charge >= 0.3 is 0 Å². The maximum Gasteiger partial charge on any atom is 0.133 e. The van der Waals surface area contributed by atoms with Crippen molar-refractivity contribution in [3.63, 3.8) is 0 Å². The van der Waals surface area contributed by atoms with E-state index in [-0.39, 0.29) is 0 Å². The van der Waals surface area contributed by atoms with E-state index >= 15 is 0 Å². The van der Waals surface area contributed by atoms with Crippen LogP contribution in [0.3, 0.4) is 0 Å². The van der Waals surface area contributed by atoms with E-state index < -0.39 is 0 Å². The Balaban J connectivity index is 2.27. The number of hydrogen-bond donors (Lipinski definition) is 0. The van der Waals surface area contributed by atoms with Gasteiger partial charge in [0.2, 0.25) is 0 Å². The summed E-state index contributed by atoms with van der Waals surface area (Å²) < 4.78 is 0. The number of unbranched alkanes of at least 4 members (excludes halogenated alkanes) is 2. The molecule has 0 unspecified atom stereocenters. The van der Waals surface area contributed by atoms with Gasteiger partial charge in [-0.1, -0.05) is 45.4 Å². The Morgan fingerprint density at radius 1 is 1.00 bits per heavy atom. The summed E-state index contributed by atoms with van der Waals surface area (Å²) in [4.78, 5) is 11.6. The minimum absolute atomic E-state index is 0.489. The van der Waals surface area contributed by atoms with Crippen molar-refractivity contribution in [2.75, 3.05) is 0 Å². The van der Waals surface area contributed by atoms with Crippen molar-refractivity contribution in [1.29, 1.82) is 0 Å². The van der Waals surface area contributed by atoms with Crippen LogP contribution in [0.1, 0.15) is 77.6 Å². The third-order valence-electron chi connectivity index (χ3n) is 3.32. The van der Waals surface area contributed by atoms with Crippen LogP contribution >= 0.6 is 0 Å². The van der Waals surface area contributed by atoms with Crippen molar-refractivity contribution in [3.05, 3.63) is 5.92 Å². The van der Waals surface area contributed by atoms with Crippen molar-refractivity contribution in [2.45, 2.75) is 77.6 Å². The summed E-state index contributed by atoms with van der Waals surface area (Å²) in [7, 11) is 0. The first-order chi connectivity index (χ1) is 7.33. The minimum atomic E-state index is 0.489. The molecule has 0 spiro atoms. The first-order valence-corrected chi connectivity index (χ1v) is 6.68. The van der Waals surface area contributed by atoms with Crippen LogP contribution in [0.25, 0.3) is 0 Å². The molecule has 15 heavy (non-hydrogen) atoms. The molecule has 0 aromatic heterocycles. The molecule has 0 aromatic carbocycles. The maximum atomic E-state index is 11.6. The SMILES string of the molecule is CCCCC[C]1CCCCCCC(=O)C1. The molecule has 0 N–H and O–H groups in total. The third kappa shape index (κ3) is 5.96. The Morgan fingerprint density at radius 3 is 2.47 bits per heavy atom. The van der Waals surface area contributed by atoms with Gasteiger partial charge in [0.1, 0.15) is 5.78 Å². The molecular formula is C14H25O. The number of hydrogen-bond acceptors (Lipinski definition) is 1. The lowest BCUT2D eigenvalue weighted by molar-refractivity contribution is -0.118. The average Bonchev–Trinajstić information content (AvgIpc) is 2.31. The number of Topliss-reactive ketones (excluding diaryl/α,β-unsaturated/α-hetero) is 1. The largest absolute Gasteiger partial charge is 0.300 e. The van der Waals surface area contributed by atoms with Gasteiger partial charge in [-0.2, -0.15) is 0 Å². The van der Waals surface area contributed by atoms with Gasteiger partial charge in [-0.15, -0.1) is 0 Å². The maximum absolute atomic E-state index is 11.6. The second-order valence-electron chi connectivity index (χ2n) is 4.84. The molecule has 1 fully saturated rings. The van der Waals surface area contributed by atoms with E-state index in [4.69, 9.17) is 0 Å². The van der Waals surface area contributed by atoms with Gasteiger partial charge in [-0.3, -0.25) is 4.79 Å². The molecule has 1 radical (unpaired) electrons. The van der Waals surface area contributed by atoms with Gasteiger partial charge in [0, 0.05) is 12.8 Å². The average molecular weight is 209 g/mol. The molecule has 0 amide bonds. The summed E-state index contributed by atoms with van der Waals surface area (Å²) in [6, 6.07) is 0. The molecule has 1 aliphatic rings. The van der Waals surface area contributed by atoms with Crippen LogP contribution in [0.5, 0.6) is 0 Å². The van der Waals surface area contributed by atoms with Gasteiger partial charge in [0.05, 0.1) is 0 Å². The van der Waals surface area contributed by atoms with Crippen LogP contribution in [-0.2, 0) is 4.79 Å². The van der Waals surface area contributed by atoms with E-state index in [1.807, 2.05) is 0 Å². The summed E-state index contributed by atoms with van der Waals surface area (Å²) in [5.41, 5.74) is 0. The second kappa shape index (κ2) is 7.90. The van der Waals surface area contributed by atoms with E-state index in [9.17, 15) is 4.79 Å². The zero-order chi connectivity index (χ0) is 10.9. The van der Waals surface area contributed by atoms with Crippen LogP contribution in [0, 0.1) is 5.92 Å². The Hall–Kier alpha value is -0.330. The van der Waals surface area contributed by atoms with Crippen LogP contribution in [0.4, 0.5) is 0 Å². The van der Waals surface area contributed by atoms with Gasteiger partial charge in [0.25, 0.3) is 0 Å². The van der Waals surface area contributed by atoms with Gasteiger partial charge in [0.15, 0.2) is 0 Å². The summed E-state index contributed by atoms with van der Waals surface area (Å²) in [6.07, 6.45) is 13.0. The first kappa shape index (κ1) is 12.7. The van der Waals surface area contributed by atoms with Crippen LogP contribution in [0.15, 0.2) is 0 Å². The molecule has 0 saturated heterocycles. The standard InChI is InChI=1S/C14H25O/c1-2-3-6-9-13-10-7-4-5-8-11-14(15)12-13/h2-12H2,1H3. The van der Waals surface area contributed by atoms with E-state index in [1.54, 1.807) is 0 Å². The lowest BCUT2D eigenvalue weighted by Crippen LogP contribution is -2.05. The fourth-order valence-corrected chi connectivity index (χ4v) is 2.34. The quantitative estimate of drug-likeness (QED) is 0.625. The Kier molecular flexibility index (Phi) is 6.71. The summed E-state index contributed by atoms with van der Waals surface area (Å²) in [6.45, 7) is 2.24. The fourth-order valence-electron chi connectivity index (χ4n) is 2.34. The molecule has 87 valence electrons. The van der Waals surface area contributed by atoms with Crippen LogP contribution in [0.2, 0.25) is 0 Å². The second-order valence-corrected chi connectivity index (χ2v) is 4.84.